The Hall–Kier alpha value is -4.15. The molecule has 1 aliphatic rings. The first-order chi connectivity index (χ1) is 16.0. The molecule has 4 aromatic heterocycles. The molecule has 0 aliphatic carbocycles. The van der Waals surface area contributed by atoms with Gasteiger partial charge in [0.15, 0.2) is 5.82 Å². The molecular weight excluding hydrogens is 442 g/mol. The number of hydrogen-bond donors (Lipinski definition) is 4. The zero-order chi connectivity index (χ0) is 22.5. The molecule has 1 unspecified atom stereocenters. The van der Waals surface area contributed by atoms with Gasteiger partial charge in [-0.1, -0.05) is 11.6 Å². The minimum Gasteiger partial charge on any atom is -0.380 e. The number of hydrogen-bond acceptors (Lipinski definition) is 8. The molecule has 1 aromatic carbocycles. The highest BCUT2D eigenvalue weighted by atomic mass is 35.5. The number of aliphatic hydroxyl groups is 1. The van der Waals surface area contributed by atoms with Gasteiger partial charge in [0.25, 0.3) is 0 Å². The molecule has 6 rings (SSSR count). The summed E-state index contributed by atoms with van der Waals surface area (Å²) in [6.45, 7) is 0.491. The van der Waals surface area contributed by atoms with E-state index in [0.717, 1.165) is 39.5 Å². The smallest absolute Gasteiger partial charge is 0.202 e. The Morgan fingerprint density at radius 1 is 1.03 bits per heavy atom. The number of nitrogens with two attached hydrogens (primary N) is 1. The average molecular weight is 460 g/mol. The van der Waals surface area contributed by atoms with Gasteiger partial charge in [0.2, 0.25) is 6.35 Å². The van der Waals surface area contributed by atoms with Crippen LogP contribution in [-0.4, -0.2) is 41.0 Å². The van der Waals surface area contributed by atoms with Crippen molar-refractivity contribution < 1.29 is 5.11 Å². The molecule has 164 valence electrons. The monoisotopic (exact) mass is 459 g/mol. The molecule has 33 heavy (non-hydrogen) atoms. The van der Waals surface area contributed by atoms with Gasteiger partial charge in [0, 0.05) is 24.2 Å². The van der Waals surface area contributed by atoms with Gasteiger partial charge in [-0.25, -0.2) is 9.67 Å². The number of aromatic nitrogens is 6. The highest BCUT2D eigenvalue weighted by Gasteiger charge is 2.19. The second kappa shape index (κ2) is 7.47. The van der Waals surface area contributed by atoms with Crippen LogP contribution in [0.2, 0.25) is 5.02 Å². The van der Waals surface area contributed by atoms with E-state index in [1.807, 2.05) is 47.1 Å². The Morgan fingerprint density at radius 2 is 1.91 bits per heavy atom. The van der Waals surface area contributed by atoms with Crippen molar-refractivity contribution in [3.8, 4) is 16.9 Å². The molecule has 5 N–H and O–H groups in total. The van der Waals surface area contributed by atoms with Crippen LogP contribution in [-0.2, 0) is 6.54 Å². The van der Waals surface area contributed by atoms with Crippen molar-refractivity contribution in [2.24, 2.45) is 0 Å². The van der Waals surface area contributed by atoms with Crippen LogP contribution in [0.25, 0.3) is 28.0 Å². The second-order valence-electron chi connectivity index (χ2n) is 7.65. The van der Waals surface area contributed by atoms with Gasteiger partial charge in [-0.3, -0.25) is 9.67 Å². The van der Waals surface area contributed by atoms with Gasteiger partial charge in [0.05, 0.1) is 45.5 Å². The Bertz CT molecular complexity index is 1490. The first-order valence-corrected chi connectivity index (χ1v) is 10.6. The molecule has 5 aromatic rings. The molecule has 0 amide bonds. The number of nitrogens with zero attached hydrogens (tertiary/aromatic N) is 6. The summed E-state index contributed by atoms with van der Waals surface area (Å²) in [7, 11) is 0. The van der Waals surface area contributed by atoms with E-state index in [-0.39, 0.29) is 0 Å². The van der Waals surface area contributed by atoms with Crippen molar-refractivity contribution in [3.63, 3.8) is 0 Å². The van der Waals surface area contributed by atoms with Gasteiger partial charge in [-0.15, -0.1) is 5.10 Å². The summed E-state index contributed by atoms with van der Waals surface area (Å²) in [5.41, 5.74) is 12.5. The maximum Gasteiger partial charge on any atom is 0.202 e. The molecule has 0 spiro atoms. The largest absolute Gasteiger partial charge is 0.380 e. The zero-order valence-electron chi connectivity index (χ0n) is 17.1. The van der Waals surface area contributed by atoms with Crippen LogP contribution < -0.4 is 16.4 Å². The van der Waals surface area contributed by atoms with Crippen LogP contribution in [0.4, 0.5) is 17.2 Å². The number of benzene rings is 1. The molecule has 0 radical (unpaired) electrons. The summed E-state index contributed by atoms with van der Waals surface area (Å²) in [6.07, 6.45) is 4.30. The lowest BCUT2D eigenvalue weighted by atomic mass is 10.2. The molecule has 0 saturated heterocycles. The maximum absolute atomic E-state index is 9.78. The number of pyridine rings is 2. The standard InChI is InChI=1S/C22H18ClN9O/c23-13-1-2-14(25-10-13)11-31-18(5-6-27-31)12-7-19-20(26-9-12)21(24)30-32(19)15-3-4-16-17(8-15)29-22(33)28-16/h1-10,22,28-29,33H,11H2,(H2,24,30). The van der Waals surface area contributed by atoms with Gasteiger partial charge in [-0.05, 0) is 42.5 Å². The SMILES string of the molecule is Nc1nn(-c2ccc3c(c2)NC(O)N3)c2cc(-c3ccnn3Cc3ccc(Cl)cn3)cnc12. The minimum atomic E-state index is -0.821. The third-order valence-electron chi connectivity index (χ3n) is 5.49. The fourth-order valence-electron chi connectivity index (χ4n) is 3.96. The van der Waals surface area contributed by atoms with Gasteiger partial charge in [-0.2, -0.15) is 5.10 Å². The summed E-state index contributed by atoms with van der Waals surface area (Å²) in [5, 5.41) is 25.2. The van der Waals surface area contributed by atoms with Crippen LogP contribution >= 0.6 is 11.6 Å². The summed E-state index contributed by atoms with van der Waals surface area (Å²) in [6, 6.07) is 13.3. The normalized spacial score (nSPS) is 14.8. The molecule has 10 nitrogen and oxygen atoms in total. The average Bonchev–Trinajstić information content (AvgIpc) is 3.51. The van der Waals surface area contributed by atoms with Crippen LogP contribution in [0.3, 0.4) is 0 Å². The summed E-state index contributed by atoms with van der Waals surface area (Å²) < 4.78 is 3.60. The van der Waals surface area contributed by atoms with Crippen molar-refractivity contribution in [2.45, 2.75) is 12.9 Å². The highest BCUT2D eigenvalue weighted by molar-refractivity contribution is 6.30. The van der Waals surface area contributed by atoms with Gasteiger partial charge >= 0.3 is 0 Å². The van der Waals surface area contributed by atoms with E-state index in [1.165, 1.54) is 0 Å². The second-order valence-corrected chi connectivity index (χ2v) is 8.09. The third-order valence-corrected chi connectivity index (χ3v) is 5.71. The van der Waals surface area contributed by atoms with E-state index in [2.05, 4.69) is 30.8 Å². The first kappa shape index (κ1) is 19.5. The van der Waals surface area contributed by atoms with E-state index in [0.29, 0.717) is 22.9 Å². The fourth-order valence-corrected chi connectivity index (χ4v) is 4.07. The predicted molar refractivity (Wildman–Crippen MR) is 126 cm³/mol. The number of rotatable bonds is 4. The van der Waals surface area contributed by atoms with E-state index in [1.54, 1.807) is 23.3 Å². The number of nitrogens with one attached hydrogen (secondary N) is 2. The molecule has 0 bridgehead atoms. The summed E-state index contributed by atoms with van der Waals surface area (Å²) >= 11 is 5.95. The van der Waals surface area contributed by atoms with Gasteiger partial charge < -0.3 is 21.5 Å². The van der Waals surface area contributed by atoms with Crippen LogP contribution in [0.15, 0.2) is 61.1 Å². The fraction of sp³-hybridized carbons (Fsp3) is 0.0909. The molecule has 11 heteroatoms. The molecule has 5 heterocycles. The lowest BCUT2D eigenvalue weighted by Crippen LogP contribution is -2.20. The van der Waals surface area contributed by atoms with Crippen molar-refractivity contribution >= 4 is 39.8 Å². The van der Waals surface area contributed by atoms with Crippen LogP contribution in [0.1, 0.15) is 5.69 Å². The van der Waals surface area contributed by atoms with Crippen molar-refractivity contribution in [1.82, 2.24) is 29.5 Å². The Balaban J connectivity index is 1.41. The van der Waals surface area contributed by atoms with Crippen molar-refractivity contribution in [1.29, 1.82) is 0 Å². The predicted octanol–water partition coefficient (Wildman–Crippen LogP) is 3.08. The lowest BCUT2D eigenvalue weighted by molar-refractivity contribution is 0.238. The van der Waals surface area contributed by atoms with E-state index in [4.69, 9.17) is 17.3 Å². The molecule has 0 saturated carbocycles. The summed E-state index contributed by atoms with van der Waals surface area (Å²) in [4.78, 5) is 8.94. The molecule has 1 atom stereocenters. The third kappa shape index (κ3) is 3.41. The minimum absolute atomic E-state index is 0.335. The van der Waals surface area contributed by atoms with Gasteiger partial charge in [0.1, 0.15) is 5.52 Å². The Labute approximate surface area is 192 Å². The Morgan fingerprint density at radius 3 is 2.76 bits per heavy atom. The van der Waals surface area contributed by atoms with Crippen molar-refractivity contribution in [3.05, 3.63) is 71.8 Å². The number of fused-ring (bicyclic) bond motifs is 2. The molecule has 0 fully saturated rings. The molecular formula is C22H18ClN9O. The van der Waals surface area contributed by atoms with Crippen molar-refractivity contribution in [2.75, 3.05) is 16.4 Å². The maximum atomic E-state index is 9.78. The first-order valence-electron chi connectivity index (χ1n) is 10.2. The van der Waals surface area contributed by atoms with E-state index < -0.39 is 6.35 Å². The summed E-state index contributed by atoms with van der Waals surface area (Å²) in [5.74, 6) is 0.335. The number of aliphatic hydroxyl groups excluding tert-OH is 1. The Kier molecular flexibility index (Phi) is 4.42. The van der Waals surface area contributed by atoms with E-state index in [9.17, 15) is 5.11 Å². The molecule has 1 aliphatic heterocycles. The topological polar surface area (TPSA) is 132 Å². The lowest BCUT2D eigenvalue weighted by Gasteiger charge is -2.09. The van der Waals surface area contributed by atoms with Crippen LogP contribution in [0, 0.1) is 0 Å². The van der Waals surface area contributed by atoms with E-state index >= 15 is 0 Å². The number of halogens is 1. The number of nitrogen functional groups attached to an aromatic ring is 1. The number of anilines is 3. The van der Waals surface area contributed by atoms with Crippen LogP contribution in [0.5, 0.6) is 0 Å². The highest BCUT2D eigenvalue weighted by Crippen LogP contribution is 2.33. The quantitative estimate of drug-likeness (QED) is 0.322. The zero-order valence-corrected chi connectivity index (χ0v) is 17.9.